The molecule has 6 rings (SSSR count). The first-order valence-electron chi connectivity index (χ1n) is 19.9. The van der Waals surface area contributed by atoms with E-state index in [0.717, 1.165) is 59.7 Å². The summed E-state index contributed by atoms with van der Waals surface area (Å²) in [5, 5.41) is 0. The number of hydrogen-bond donors (Lipinski definition) is 2. The van der Waals surface area contributed by atoms with Crippen molar-refractivity contribution in [3.63, 3.8) is 0 Å². The molecule has 9 atom stereocenters. The number of nitrogens with two attached hydrogens (primary N) is 2. The molecule has 4 aliphatic carbocycles. The van der Waals surface area contributed by atoms with E-state index < -0.39 is 0 Å². The van der Waals surface area contributed by atoms with Gasteiger partial charge in [0.05, 0.1) is 5.69 Å². The molecule has 4 saturated carbocycles. The molecule has 0 aliphatic heterocycles. The van der Waals surface area contributed by atoms with Gasteiger partial charge in [-0.25, -0.2) is 4.79 Å². The maximum atomic E-state index is 12.9. The number of carbonyl (C=O) groups is 1. The molecule has 4 N–H and O–H groups in total. The predicted octanol–water partition coefficient (Wildman–Crippen LogP) is 10.4. The second-order valence-electron chi connectivity index (χ2n) is 17.4. The molecule has 2 aromatic rings. The van der Waals surface area contributed by atoms with Crippen LogP contribution in [0.1, 0.15) is 117 Å². The zero-order valence-corrected chi connectivity index (χ0v) is 31.5. The monoisotopic (exact) mass is 684 g/mol. The predicted molar refractivity (Wildman–Crippen MR) is 205 cm³/mol. The number of anilines is 2. The SMILES string of the molecule is CC(C)CCC[C@@H](C)[C@H]1CC[C@H]2[C@@H]3CCC4CC(OC(=O)C=Cc5ccc(OCCOc6ccc(N)cc6N)cc5)CC[C@]4(C)[C@H]3CC[C@]12C. The zero-order chi connectivity index (χ0) is 35.5. The molecule has 0 aromatic heterocycles. The van der Waals surface area contributed by atoms with Crippen LogP contribution in [0.4, 0.5) is 11.4 Å². The van der Waals surface area contributed by atoms with E-state index >= 15 is 0 Å². The minimum atomic E-state index is -0.236. The Morgan fingerprint density at radius 3 is 2.36 bits per heavy atom. The molecule has 0 amide bonds. The number of nitrogen functional groups attached to an aromatic ring is 2. The molecule has 50 heavy (non-hydrogen) atoms. The van der Waals surface area contributed by atoms with Crippen LogP contribution in [0.2, 0.25) is 0 Å². The molecular formula is C44H64N2O4. The third kappa shape index (κ3) is 8.00. The van der Waals surface area contributed by atoms with Gasteiger partial charge in [0, 0.05) is 11.8 Å². The molecule has 0 heterocycles. The van der Waals surface area contributed by atoms with Crippen molar-refractivity contribution < 1.29 is 19.0 Å². The van der Waals surface area contributed by atoms with Crippen LogP contribution in [0.3, 0.4) is 0 Å². The van der Waals surface area contributed by atoms with Gasteiger partial charge in [-0.15, -0.1) is 0 Å². The first kappa shape index (κ1) is 36.6. The minimum absolute atomic E-state index is 0.0276. The van der Waals surface area contributed by atoms with E-state index in [1.165, 1.54) is 64.2 Å². The van der Waals surface area contributed by atoms with Crippen LogP contribution in [0, 0.1) is 52.3 Å². The molecule has 0 spiro atoms. The van der Waals surface area contributed by atoms with Crippen molar-refractivity contribution >= 4 is 23.4 Å². The lowest BCUT2D eigenvalue weighted by molar-refractivity contribution is -0.157. The Kier molecular flexibility index (Phi) is 11.4. The van der Waals surface area contributed by atoms with Crippen LogP contribution in [-0.2, 0) is 9.53 Å². The molecule has 4 fully saturated rings. The number of fused-ring (bicyclic) bond motifs is 5. The quantitative estimate of drug-likeness (QED) is 0.0943. The molecule has 0 bridgehead atoms. The lowest BCUT2D eigenvalue weighted by atomic mass is 9.44. The molecule has 6 nitrogen and oxygen atoms in total. The van der Waals surface area contributed by atoms with Crippen molar-refractivity contribution in [2.45, 2.75) is 118 Å². The summed E-state index contributed by atoms with van der Waals surface area (Å²) in [5.41, 5.74) is 14.7. The number of rotatable bonds is 13. The van der Waals surface area contributed by atoms with Crippen LogP contribution in [0.25, 0.3) is 6.08 Å². The Morgan fingerprint density at radius 1 is 0.860 bits per heavy atom. The zero-order valence-electron chi connectivity index (χ0n) is 31.5. The fourth-order valence-electron chi connectivity index (χ4n) is 11.4. The second kappa shape index (κ2) is 15.6. The lowest BCUT2D eigenvalue weighted by Crippen LogP contribution is -2.54. The van der Waals surface area contributed by atoms with Crippen LogP contribution >= 0.6 is 0 Å². The summed E-state index contributed by atoms with van der Waals surface area (Å²) in [6, 6.07) is 12.9. The summed E-state index contributed by atoms with van der Waals surface area (Å²) in [6.07, 6.45) is 19.2. The van der Waals surface area contributed by atoms with Crippen LogP contribution in [-0.4, -0.2) is 25.3 Å². The number of benzene rings is 2. The topological polar surface area (TPSA) is 96.8 Å². The summed E-state index contributed by atoms with van der Waals surface area (Å²) in [4.78, 5) is 12.9. The average Bonchev–Trinajstić information content (AvgIpc) is 3.44. The maximum Gasteiger partial charge on any atom is 0.331 e. The maximum absolute atomic E-state index is 12.9. The minimum Gasteiger partial charge on any atom is -0.490 e. The summed E-state index contributed by atoms with van der Waals surface area (Å²) in [7, 11) is 0. The molecular weight excluding hydrogens is 620 g/mol. The Morgan fingerprint density at radius 2 is 1.60 bits per heavy atom. The van der Waals surface area contributed by atoms with Gasteiger partial charge in [-0.05, 0) is 152 Å². The summed E-state index contributed by atoms with van der Waals surface area (Å²) < 4.78 is 17.6. The standard InChI is InChI=1S/C44H64N2O4/c1-29(2)7-6-8-30(3)37-17-18-38-36-16-12-32-27-35(21-23-43(32,4)39(36)22-24-44(37,38)5)50-42(47)20-11-31-9-14-34(15-10-31)48-25-26-49-41-19-13-33(45)28-40(41)46/h9-11,13-15,19-20,28-30,32,35-39H,6-8,12,16-18,21-27,45-46H2,1-5H3/t30-,32?,35?,36+,37-,38+,39+,43+,44-/m1/s1. The van der Waals surface area contributed by atoms with Crippen molar-refractivity contribution in [3.05, 3.63) is 54.1 Å². The van der Waals surface area contributed by atoms with Crippen molar-refractivity contribution in [2.75, 3.05) is 24.7 Å². The fourth-order valence-corrected chi connectivity index (χ4v) is 11.4. The highest BCUT2D eigenvalue weighted by Crippen LogP contribution is 2.68. The lowest BCUT2D eigenvalue weighted by Gasteiger charge is -2.61. The summed E-state index contributed by atoms with van der Waals surface area (Å²) >= 11 is 0. The van der Waals surface area contributed by atoms with Crippen molar-refractivity contribution in [1.29, 1.82) is 0 Å². The van der Waals surface area contributed by atoms with E-state index in [9.17, 15) is 4.79 Å². The smallest absolute Gasteiger partial charge is 0.331 e. The van der Waals surface area contributed by atoms with Crippen LogP contribution in [0.15, 0.2) is 48.5 Å². The molecule has 0 radical (unpaired) electrons. The second-order valence-corrected chi connectivity index (χ2v) is 17.4. The normalized spacial score (nSPS) is 32.6. The number of ether oxygens (including phenoxy) is 3. The molecule has 274 valence electrons. The van der Waals surface area contributed by atoms with Gasteiger partial charge in [0.2, 0.25) is 0 Å². The van der Waals surface area contributed by atoms with Crippen molar-refractivity contribution in [2.24, 2.45) is 52.3 Å². The molecule has 6 heteroatoms. The Labute approximate surface area is 302 Å². The van der Waals surface area contributed by atoms with Gasteiger partial charge in [0.1, 0.15) is 30.8 Å². The largest absolute Gasteiger partial charge is 0.490 e. The molecule has 0 saturated heterocycles. The van der Waals surface area contributed by atoms with E-state index in [-0.39, 0.29) is 12.1 Å². The third-order valence-corrected chi connectivity index (χ3v) is 14.0. The van der Waals surface area contributed by atoms with Crippen molar-refractivity contribution in [3.8, 4) is 11.5 Å². The first-order chi connectivity index (χ1) is 24.0. The van der Waals surface area contributed by atoms with Crippen molar-refractivity contribution in [1.82, 2.24) is 0 Å². The van der Waals surface area contributed by atoms with Gasteiger partial charge in [0.25, 0.3) is 0 Å². The number of carbonyl (C=O) groups excluding carboxylic acids is 1. The van der Waals surface area contributed by atoms with Crippen LogP contribution < -0.4 is 20.9 Å². The Bertz CT molecular complexity index is 1470. The average molecular weight is 685 g/mol. The summed E-state index contributed by atoms with van der Waals surface area (Å²) in [5.74, 6) is 6.99. The highest BCUT2D eigenvalue weighted by molar-refractivity contribution is 5.87. The first-order valence-corrected chi connectivity index (χ1v) is 19.9. The van der Waals surface area contributed by atoms with Crippen LogP contribution in [0.5, 0.6) is 11.5 Å². The third-order valence-electron chi connectivity index (χ3n) is 14.0. The van der Waals surface area contributed by atoms with Gasteiger partial charge in [0.15, 0.2) is 0 Å². The van der Waals surface area contributed by atoms with E-state index in [1.807, 2.05) is 30.3 Å². The number of hydrogen-bond acceptors (Lipinski definition) is 6. The van der Waals surface area contributed by atoms with E-state index in [2.05, 4.69) is 34.6 Å². The van der Waals surface area contributed by atoms with E-state index in [4.69, 9.17) is 25.7 Å². The van der Waals surface area contributed by atoms with Gasteiger partial charge in [-0.3, -0.25) is 0 Å². The van der Waals surface area contributed by atoms with Gasteiger partial charge in [-0.2, -0.15) is 0 Å². The van der Waals surface area contributed by atoms with E-state index in [0.29, 0.717) is 47.1 Å². The number of esters is 1. The van der Waals surface area contributed by atoms with Gasteiger partial charge in [-0.1, -0.05) is 66.0 Å². The van der Waals surface area contributed by atoms with E-state index in [1.54, 1.807) is 24.3 Å². The summed E-state index contributed by atoms with van der Waals surface area (Å²) in [6.45, 7) is 13.4. The Hall–Kier alpha value is -3.15. The molecule has 2 aromatic carbocycles. The molecule has 4 aliphatic rings. The van der Waals surface area contributed by atoms with Gasteiger partial charge < -0.3 is 25.7 Å². The Balaban J connectivity index is 0.952. The van der Waals surface area contributed by atoms with Gasteiger partial charge >= 0.3 is 5.97 Å². The molecule has 2 unspecified atom stereocenters. The fraction of sp³-hybridized carbons (Fsp3) is 0.659. The highest BCUT2D eigenvalue weighted by Gasteiger charge is 2.60. The highest BCUT2D eigenvalue weighted by atomic mass is 16.5.